The first-order valence-electron chi connectivity index (χ1n) is 0.421. The Bertz CT molecular complexity index is 51.7. The first kappa shape index (κ1) is 4.07. The second kappa shape index (κ2) is 1.39. The minimum atomic E-state index is -3.10. The average molecular weight is 108 g/mol. The molecule has 4 heavy (non-hydrogen) atoms. The van der Waals surface area contributed by atoms with Crippen molar-refractivity contribution >= 4 is 0 Å². The van der Waals surface area contributed by atoms with Crippen LogP contribution in [0.2, 0.25) is 0 Å². The number of hydrogen-bond acceptors (Lipinski definition) is 2. The van der Waals surface area contributed by atoms with Gasteiger partial charge in [0.1, 0.15) is 0 Å². The molecule has 0 aliphatic rings. The Balaban J connectivity index is 3.51. The van der Waals surface area contributed by atoms with E-state index in [4.69, 9.17) is 12.0 Å². The van der Waals surface area contributed by atoms with Crippen molar-refractivity contribution in [1.29, 1.82) is 0 Å². The Kier molecular flexibility index (Phi) is 1.42. The van der Waals surface area contributed by atoms with Crippen LogP contribution >= 0.6 is 0 Å². The first-order chi connectivity index (χ1) is 1.73. The Morgan fingerprint density at radius 2 is 1.50 bits per heavy atom. The molecule has 0 saturated carbocycles. The molecule has 0 fully saturated rings. The van der Waals surface area contributed by atoms with Gasteiger partial charge in [0.25, 0.3) is 0 Å². The van der Waals surface area contributed by atoms with E-state index in [9.17, 15) is 0 Å². The van der Waals surface area contributed by atoms with E-state index < -0.39 is 13.8 Å². The summed E-state index contributed by atoms with van der Waals surface area (Å²) in [5.41, 5.74) is 0. The second-order valence-electron chi connectivity index (χ2n) is 0.177. The van der Waals surface area contributed by atoms with Crippen LogP contribution in [0.3, 0.4) is 0 Å². The van der Waals surface area contributed by atoms with Gasteiger partial charge < -0.3 is 0 Å². The van der Waals surface area contributed by atoms with Gasteiger partial charge in [-0.05, 0) is 0 Å². The summed E-state index contributed by atoms with van der Waals surface area (Å²) < 4.78 is 24.2. The zero-order valence-corrected chi connectivity index (χ0v) is 2.64. The molecule has 0 rings (SSSR count). The fraction of sp³-hybridized carbons (Fsp3) is 0. The molecule has 3 nitrogen and oxygen atoms in total. The van der Waals surface area contributed by atoms with Gasteiger partial charge in [-0.25, -0.2) is 0 Å². The van der Waals surface area contributed by atoms with E-state index >= 15 is 0 Å². The summed E-state index contributed by atoms with van der Waals surface area (Å²) in [7, 11) is 0. The molecule has 0 aliphatic heterocycles. The maximum absolute atomic E-state index is 8.59. The van der Waals surface area contributed by atoms with Crippen LogP contribution in [-0.2, 0) is 21.6 Å². The summed E-state index contributed by atoms with van der Waals surface area (Å²) in [4.78, 5) is 0. The second-order valence-corrected chi connectivity index (χ2v) is 0.731. The molecule has 0 aromatic carbocycles. The van der Waals surface area contributed by atoms with Crippen LogP contribution in [0.4, 0.5) is 0 Å². The fourth-order valence-electron chi connectivity index (χ4n) is 0. The summed E-state index contributed by atoms with van der Waals surface area (Å²) in [5.74, 6) is 0. The topological polar surface area (TPSA) is 54.4 Å². The van der Waals surface area contributed by atoms with Crippen LogP contribution in [0.5, 0.6) is 0 Å². The van der Waals surface area contributed by atoms with E-state index in [1.54, 1.807) is 0 Å². The van der Waals surface area contributed by atoms with Gasteiger partial charge in [-0.2, -0.15) is 0 Å². The van der Waals surface area contributed by atoms with Gasteiger partial charge in [0, 0.05) is 0 Å². The molecule has 0 saturated heterocycles. The summed E-state index contributed by atoms with van der Waals surface area (Å²) in [6, 6.07) is 0. The predicted molar refractivity (Wildman–Crippen MR) is 3.59 cm³/mol. The molecule has 0 aromatic heterocycles. The van der Waals surface area contributed by atoms with Crippen molar-refractivity contribution in [2.75, 3.05) is 0 Å². The minimum absolute atomic E-state index is 3.10. The Morgan fingerprint density at radius 1 is 1.50 bits per heavy atom. The third kappa shape index (κ3) is 532. The normalized spacial score (nSPS) is 10.8. The SMILES string of the molecule is [O]=[Co](=[O])[OH]. The first-order valence-corrected chi connectivity index (χ1v) is 1.74. The summed E-state index contributed by atoms with van der Waals surface area (Å²) in [6.07, 6.45) is 0. The molecule has 4 heteroatoms. The molecule has 0 unspecified atom stereocenters. The van der Waals surface area contributed by atoms with Gasteiger partial charge in [-0.1, -0.05) is 0 Å². The van der Waals surface area contributed by atoms with Crippen molar-refractivity contribution < 1.29 is 25.8 Å². The van der Waals surface area contributed by atoms with E-state index in [0.717, 1.165) is 0 Å². The third-order valence-electron chi connectivity index (χ3n) is 0. The van der Waals surface area contributed by atoms with Gasteiger partial charge in [0.15, 0.2) is 0 Å². The number of hydrogen-bond donors (Lipinski definition) is 1. The van der Waals surface area contributed by atoms with Crippen molar-refractivity contribution in [2.45, 2.75) is 0 Å². The van der Waals surface area contributed by atoms with Crippen molar-refractivity contribution in [3.8, 4) is 0 Å². The van der Waals surface area contributed by atoms with Crippen molar-refractivity contribution in [3.63, 3.8) is 0 Å². The third-order valence-corrected chi connectivity index (χ3v) is 0. The van der Waals surface area contributed by atoms with E-state index in [1.807, 2.05) is 0 Å². The van der Waals surface area contributed by atoms with Gasteiger partial charge >= 0.3 is 25.8 Å². The van der Waals surface area contributed by atoms with Crippen LogP contribution in [0.1, 0.15) is 0 Å². The average Bonchev–Trinajstić information content (AvgIpc) is 0.811. The van der Waals surface area contributed by atoms with Crippen molar-refractivity contribution in [1.82, 2.24) is 0 Å². The molecular formula is HCoO3. The summed E-state index contributed by atoms with van der Waals surface area (Å²) in [5, 5.41) is 0. The number of rotatable bonds is 0. The molecule has 0 aliphatic carbocycles. The zero-order valence-electron chi connectivity index (χ0n) is 1.60. The quantitative estimate of drug-likeness (QED) is 0.442. The van der Waals surface area contributed by atoms with Crippen LogP contribution in [0.15, 0.2) is 0 Å². The molecule has 0 radical (unpaired) electrons. The molecule has 0 heterocycles. The van der Waals surface area contributed by atoms with E-state index in [0.29, 0.717) is 0 Å². The van der Waals surface area contributed by atoms with Gasteiger partial charge in [0.05, 0.1) is 0 Å². The maximum atomic E-state index is 8.59. The zero-order chi connectivity index (χ0) is 3.58. The summed E-state index contributed by atoms with van der Waals surface area (Å²) in [6.45, 7) is 0. The molecule has 28 valence electrons. The van der Waals surface area contributed by atoms with Crippen LogP contribution in [0.25, 0.3) is 0 Å². The molecule has 0 bridgehead atoms. The Morgan fingerprint density at radius 3 is 1.50 bits per heavy atom. The van der Waals surface area contributed by atoms with E-state index in [2.05, 4.69) is 0 Å². The molecule has 0 atom stereocenters. The molecule has 0 spiro atoms. The Hall–Kier alpha value is 0.0665. The van der Waals surface area contributed by atoms with Gasteiger partial charge in [-0.3, -0.25) is 0 Å². The molecule has 1 N–H and O–H groups in total. The molecular weight excluding hydrogens is 107 g/mol. The fourth-order valence-corrected chi connectivity index (χ4v) is 0. The summed E-state index contributed by atoms with van der Waals surface area (Å²) >= 11 is -3.10. The van der Waals surface area contributed by atoms with E-state index in [-0.39, 0.29) is 0 Å². The monoisotopic (exact) mass is 108 g/mol. The standard InChI is InChI=1S/Co.H2O.2O/h;1H2;;/q+1;;;/p-1. The predicted octanol–water partition coefficient (Wildman–Crippen LogP) is -0.797. The molecule has 0 aromatic rings. The van der Waals surface area contributed by atoms with Crippen LogP contribution in [0, 0.1) is 0 Å². The van der Waals surface area contributed by atoms with Crippen LogP contribution < -0.4 is 0 Å². The van der Waals surface area contributed by atoms with Gasteiger partial charge in [0.2, 0.25) is 0 Å². The van der Waals surface area contributed by atoms with E-state index in [1.165, 1.54) is 0 Å². The van der Waals surface area contributed by atoms with Crippen molar-refractivity contribution in [2.24, 2.45) is 0 Å². The molecule has 0 amide bonds. The Labute approximate surface area is 26.7 Å². The van der Waals surface area contributed by atoms with Crippen LogP contribution in [-0.4, -0.2) is 4.22 Å². The van der Waals surface area contributed by atoms with Crippen molar-refractivity contribution in [3.05, 3.63) is 0 Å². The van der Waals surface area contributed by atoms with Gasteiger partial charge in [-0.15, -0.1) is 0 Å².